The summed E-state index contributed by atoms with van der Waals surface area (Å²) in [4.78, 5) is 11.4. The highest BCUT2D eigenvalue weighted by Gasteiger charge is 2.33. The van der Waals surface area contributed by atoms with Crippen LogP contribution in [-0.2, 0) is 0 Å². The van der Waals surface area contributed by atoms with Gasteiger partial charge in [-0.3, -0.25) is 0 Å². The van der Waals surface area contributed by atoms with Gasteiger partial charge in [0, 0.05) is 24.1 Å². The van der Waals surface area contributed by atoms with Gasteiger partial charge < -0.3 is 4.90 Å². The summed E-state index contributed by atoms with van der Waals surface area (Å²) in [6, 6.07) is 2.75. The smallest absolute Gasteiger partial charge is 0.137 e. The molecule has 0 unspecified atom stereocenters. The monoisotopic (exact) mass is 276 g/mol. The maximum atomic E-state index is 8.81. The normalized spacial score (nSPS) is 18.2. The first-order valence-electron chi connectivity index (χ1n) is 6.88. The third-order valence-electron chi connectivity index (χ3n) is 3.74. The van der Waals surface area contributed by atoms with E-state index in [-0.39, 0.29) is 0 Å². The number of nitrogens with zero attached hydrogens (tertiary/aromatic N) is 4. The van der Waals surface area contributed by atoms with E-state index in [0.717, 1.165) is 23.8 Å². The van der Waals surface area contributed by atoms with Gasteiger partial charge in [-0.1, -0.05) is 11.6 Å². The van der Waals surface area contributed by atoms with Crippen LogP contribution in [-0.4, -0.2) is 22.6 Å². The number of anilines is 1. The molecule has 1 heterocycles. The van der Waals surface area contributed by atoms with E-state index in [9.17, 15) is 0 Å². The van der Waals surface area contributed by atoms with Crippen molar-refractivity contribution in [2.45, 2.75) is 51.0 Å². The Morgan fingerprint density at radius 1 is 1.32 bits per heavy atom. The van der Waals surface area contributed by atoms with E-state index in [1.165, 1.54) is 25.7 Å². The molecule has 0 aliphatic heterocycles. The molecule has 0 bridgehead atoms. The van der Waals surface area contributed by atoms with E-state index in [4.69, 9.17) is 21.8 Å². The van der Waals surface area contributed by atoms with Crippen LogP contribution < -0.4 is 4.90 Å². The molecular formula is C14H17ClN4. The average molecular weight is 277 g/mol. The molecule has 19 heavy (non-hydrogen) atoms. The zero-order valence-electron chi connectivity index (χ0n) is 11.1. The molecule has 0 atom stereocenters. The summed E-state index contributed by atoms with van der Waals surface area (Å²) in [5.74, 6) is 2.32. The summed E-state index contributed by atoms with van der Waals surface area (Å²) in [6.07, 6.45) is 5.23. The van der Waals surface area contributed by atoms with Gasteiger partial charge in [-0.2, -0.15) is 5.26 Å². The lowest BCUT2D eigenvalue weighted by molar-refractivity contribution is 0.760. The molecule has 1 aromatic rings. The van der Waals surface area contributed by atoms with Crippen molar-refractivity contribution in [2.75, 3.05) is 11.4 Å². The summed E-state index contributed by atoms with van der Waals surface area (Å²) < 4.78 is 0. The minimum atomic E-state index is 0.494. The maximum Gasteiger partial charge on any atom is 0.137 e. The molecule has 2 aliphatic rings. The molecule has 1 aromatic heterocycles. The molecule has 0 spiro atoms. The highest BCUT2D eigenvalue weighted by Crippen LogP contribution is 2.41. The standard InChI is InChI=1S/C14H17ClN4/c1-9-12(15)17-13(10-3-4-10)18-14(9)19(8-2-7-16)11-5-6-11/h10-11H,2-6,8H2,1H3. The van der Waals surface area contributed by atoms with Crippen molar-refractivity contribution in [2.24, 2.45) is 0 Å². The molecule has 2 fully saturated rings. The molecule has 2 aliphatic carbocycles. The maximum absolute atomic E-state index is 8.81. The van der Waals surface area contributed by atoms with E-state index in [1.807, 2.05) is 6.92 Å². The Labute approximate surface area is 118 Å². The van der Waals surface area contributed by atoms with Crippen molar-refractivity contribution in [3.05, 3.63) is 16.5 Å². The van der Waals surface area contributed by atoms with Gasteiger partial charge in [-0.15, -0.1) is 0 Å². The largest absolute Gasteiger partial charge is 0.352 e. The molecule has 0 amide bonds. The van der Waals surface area contributed by atoms with Crippen LogP contribution >= 0.6 is 11.6 Å². The third-order valence-corrected chi connectivity index (χ3v) is 4.11. The van der Waals surface area contributed by atoms with E-state index in [0.29, 0.717) is 23.5 Å². The fourth-order valence-electron chi connectivity index (χ4n) is 2.32. The molecule has 5 heteroatoms. The lowest BCUT2D eigenvalue weighted by Gasteiger charge is -2.24. The van der Waals surface area contributed by atoms with E-state index >= 15 is 0 Å². The second-order valence-electron chi connectivity index (χ2n) is 5.43. The number of nitriles is 1. The van der Waals surface area contributed by atoms with E-state index in [2.05, 4.69) is 16.0 Å². The molecule has 4 nitrogen and oxygen atoms in total. The topological polar surface area (TPSA) is 52.8 Å². The fourth-order valence-corrected chi connectivity index (χ4v) is 2.49. The van der Waals surface area contributed by atoms with Crippen LogP contribution in [0.4, 0.5) is 5.82 Å². The Morgan fingerprint density at radius 2 is 2.05 bits per heavy atom. The predicted molar refractivity (Wildman–Crippen MR) is 74.4 cm³/mol. The summed E-state index contributed by atoms with van der Waals surface area (Å²) in [5, 5.41) is 9.37. The highest BCUT2D eigenvalue weighted by molar-refractivity contribution is 6.30. The number of aromatic nitrogens is 2. The van der Waals surface area contributed by atoms with Crippen molar-refractivity contribution in [3.8, 4) is 6.07 Å². The Hall–Kier alpha value is -1.34. The first-order valence-corrected chi connectivity index (χ1v) is 7.26. The van der Waals surface area contributed by atoms with Crippen molar-refractivity contribution < 1.29 is 0 Å². The Kier molecular flexibility index (Phi) is 3.32. The Balaban J connectivity index is 1.94. The van der Waals surface area contributed by atoms with Crippen molar-refractivity contribution in [1.29, 1.82) is 5.26 Å². The van der Waals surface area contributed by atoms with Gasteiger partial charge in [0.15, 0.2) is 0 Å². The van der Waals surface area contributed by atoms with Crippen LogP contribution in [0.2, 0.25) is 5.15 Å². The number of rotatable bonds is 5. The third kappa shape index (κ3) is 2.66. The predicted octanol–water partition coefficient (Wildman–Crippen LogP) is 3.20. The summed E-state index contributed by atoms with van der Waals surface area (Å²) >= 11 is 6.25. The first kappa shape index (κ1) is 12.7. The van der Waals surface area contributed by atoms with Crippen LogP contribution in [0, 0.1) is 18.3 Å². The lowest BCUT2D eigenvalue weighted by Crippen LogP contribution is -2.29. The zero-order chi connectivity index (χ0) is 13.4. The van der Waals surface area contributed by atoms with Gasteiger partial charge in [-0.05, 0) is 32.6 Å². The molecule has 3 rings (SSSR count). The molecule has 0 radical (unpaired) electrons. The van der Waals surface area contributed by atoms with Gasteiger partial charge >= 0.3 is 0 Å². The minimum absolute atomic E-state index is 0.494. The summed E-state index contributed by atoms with van der Waals surface area (Å²) in [5.41, 5.74) is 0.941. The van der Waals surface area contributed by atoms with E-state index in [1.54, 1.807) is 0 Å². The average Bonchev–Trinajstić information content (AvgIpc) is 3.27. The van der Waals surface area contributed by atoms with E-state index < -0.39 is 0 Å². The minimum Gasteiger partial charge on any atom is -0.352 e. The van der Waals surface area contributed by atoms with Crippen molar-refractivity contribution >= 4 is 17.4 Å². The van der Waals surface area contributed by atoms with Crippen LogP contribution in [0.15, 0.2) is 0 Å². The quantitative estimate of drug-likeness (QED) is 0.775. The highest BCUT2D eigenvalue weighted by atomic mass is 35.5. The van der Waals surface area contributed by atoms with Gasteiger partial charge in [0.2, 0.25) is 0 Å². The SMILES string of the molecule is Cc1c(Cl)nc(C2CC2)nc1N(CCC#N)C1CC1. The summed E-state index contributed by atoms with van der Waals surface area (Å²) in [6.45, 7) is 2.70. The van der Waals surface area contributed by atoms with Crippen LogP contribution in [0.3, 0.4) is 0 Å². The molecule has 100 valence electrons. The molecule has 0 N–H and O–H groups in total. The second-order valence-corrected chi connectivity index (χ2v) is 5.79. The number of halogens is 1. The Morgan fingerprint density at radius 3 is 2.63 bits per heavy atom. The van der Waals surface area contributed by atoms with Crippen LogP contribution in [0.5, 0.6) is 0 Å². The molecule has 2 saturated carbocycles. The van der Waals surface area contributed by atoms with Crippen LogP contribution in [0.25, 0.3) is 0 Å². The second kappa shape index (κ2) is 4.97. The van der Waals surface area contributed by atoms with Gasteiger partial charge in [-0.25, -0.2) is 9.97 Å². The summed E-state index contributed by atoms with van der Waals surface area (Å²) in [7, 11) is 0. The van der Waals surface area contributed by atoms with Gasteiger partial charge in [0.1, 0.15) is 16.8 Å². The van der Waals surface area contributed by atoms with Crippen LogP contribution in [0.1, 0.15) is 49.4 Å². The zero-order valence-corrected chi connectivity index (χ0v) is 11.8. The van der Waals surface area contributed by atoms with Crippen molar-refractivity contribution in [1.82, 2.24) is 9.97 Å². The molecule has 0 aromatic carbocycles. The Bertz CT molecular complexity index is 529. The van der Waals surface area contributed by atoms with Crippen molar-refractivity contribution in [3.63, 3.8) is 0 Å². The van der Waals surface area contributed by atoms with Gasteiger partial charge in [0.25, 0.3) is 0 Å². The number of hydrogen-bond acceptors (Lipinski definition) is 4. The lowest BCUT2D eigenvalue weighted by atomic mass is 10.2. The number of hydrogen-bond donors (Lipinski definition) is 0. The molecule has 0 saturated heterocycles. The first-order chi connectivity index (χ1) is 9.20. The molecular weight excluding hydrogens is 260 g/mol. The van der Waals surface area contributed by atoms with Gasteiger partial charge in [0.05, 0.1) is 12.5 Å². The fraction of sp³-hybridized carbons (Fsp3) is 0.643.